The minimum Gasteiger partial charge on any atom is -0.371 e. The van der Waals surface area contributed by atoms with Crippen LogP contribution in [0.4, 0.5) is 10.1 Å². The van der Waals surface area contributed by atoms with E-state index in [0.29, 0.717) is 6.04 Å². The number of rotatable bonds is 2. The molecule has 0 N–H and O–H groups in total. The van der Waals surface area contributed by atoms with Gasteiger partial charge in [-0.2, -0.15) is 5.06 Å². The van der Waals surface area contributed by atoms with Crippen LogP contribution in [-0.2, 0) is 4.84 Å². The summed E-state index contributed by atoms with van der Waals surface area (Å²) in [4.78, 5) is 8.60. The third kappa shape index (κ3) is 3.45. The number of hydroxylamine groups is 2. The van der Waals surface area contributed by atoms with E-state index in [0.717, 1.165) is 31.9 Å². The highest BCUT2D eigenvalue weighted by Crippen LogP contribution is 2.40. The highest BCUT2D eigenvalue weighted by molar-refractivity contribution is 5.47. The molecule has 1 atom stereocenters. The molecule has 4 heteroatoms. The molecule has 3 nitrogen and oxygen atoms in total. The van der Waals surface area contributed by atoms with Gasteiger partial charge in [-0.25, -0.2) is 4.39 Å². The Hall–Kier alpha value is -1.13. The first-order chi connectivity index (χ1) is 11.7. The van der Waals surface area contributed by atoms with E-state index < -0.39 is 0 Å². The van der Waals surface area contributed by atoms with Crippen molar-refractivity contribution in [3.05, 3.63) is 30.1 Å². The Balaban J connectivity index is 1.39. The van der Waals surface area contributed by atoms with E-state index in [-0.39, 0.29) is 11.2 Å². The van der Waals surface area contributed by atoms with Gasteiger partial charge in [0.05, 0.1) is 6.61 Å². The fraction of sp³-hybridized carbons (Fsp3) is 0.700. The fourth-order valence-electron chi connectivity index (χ4n) is 4.78. The summed E-state index contributed by atoms with van der Waals surface area (Å²) in [6, 6.07) is 7.67. The van der Waals surface area contributed by atoms with E-state index in [1.165, 1.54) is 57.4 Å². The van der Waals surface area contributed by atoms with Crippen LogP contribution in [0.25, 0.3) is 0 Å². The van der Waals surface area contributed by atoms with Gasteiger partial charge in [-0.1, -0.05) is 25.3 Å². The highest BCUT2D eigenvalue weighted by Gasteiger charge is 2.41. The second-order valence-corrected chi connectivity index (χ2v) is 7.96. The van der Waals surface area contributed by atoms with Crippen LogP contribution in [0.2, 0.25) is 0 Å². The molecule has 0 aromatic heterocycles. The van der Waals surface area contributed by atoms with Gasteiger partial charge in [-0.3, -0.25) is 4.84 Å². The van der Waals surface area contributed by atoms with Crippen molar-refractivity contribution in [1.82, 2.24) is 5.06 Å². The van der Waals surface area contributed by atoms with Crippen LogP contribution in [0.1, 0.15) is 51.4 Å². The predicted molar refractivity (Wildman–Crippen MR) is 94.4 cm³/mol. The average Bonchev–Trinajstić information content (AvgIpc) is 2.63. The Morgan fingerprint density at radius 3 is 2.67 bits per heavy atom. The van der Waals surface area contributed by atoms with Crippen LogP contribution in [-0.4, -0.2) is 37.3 Å². The Morgan fingerprint density at radius 2 is 1.92 bits per heavy atom. The average molecular weight is 332 g/mol. The molecule has 3 fully saturated rings. The first-order valence-electron chi connectivity index (χ1n) is 9.64. The zero-order valence-corrected chi connectivity index (χ0v) is 14.6. The Bertz CT molecular complexity index is 550. The van der Waals surface area contributed by atoms with E-state index in [1.54, 1.807) is 6.07 Å². The summed E-state index contributed by atoms with van der Waals surface area (Å²) in [6.07, 6.45) is 10.3. The van der Waals surface area contributed by atoms with Gasteiger partial charge in [0.15, 0.2) is 0 Å². The van der Waals surface area contributed by atoms with Crippen molar-refractivity contribution in [2.75, 3.05) is 31.1 Å². The molecule has 1 spiro atoms. The van der Waals surface area contributed by atoms with Gasteiger partial charge >= 0.3 is 0 Å². The van der Waals surface area contributed by atoms with Crippen molar-refractivity contribution in [2.24, 2.45) is 5.41 Å². The molecule has 0 amide bonds. The van der Waals surface area contributed by atoms with Crippen molar-refractivity contribution < 1.29 is 9.23 Å². The maximum Gasteiger partial charge on any atom is 0.125 e. The molecule has 24 heavy (non-hydrogen) atoms. The molecule has 0 radical (unpaired) electrons. The summed E-state index contributed by atoms with van der Waals surface area (Å²) in [7, 11) is 0. The third-order valence-electron chi connectivity index (χ3n) is 6.22. The lowest BCUT2D eigenvalue weighted by molar-refractivity contribution is -0.245. The SMILES string of the molecule is Fc1cccc(N2CCCC3(CCN(C4CCCCC4)OC3)C2)c1. The van der Waals surface area contributed by atoms with Crippen LogP contribution in [0, 0.1) is 11.2 Å². The van der Waals surface area contributed by atoms with E-state index in [4.69, 9.17) is 4.84 Å². The lowest BCUT2D eigenvalue weighted by atomic mass is 9.76. The highest BCUT2D eigenvalue weighted by atomic mass is 19.1. The van der Waals surface area contributed by atoms with Gasteiger partial charge in [0.25, 0.3) is 0 Å². The van der Waals surface area contributed by atoms with Gasteiger partial charge in [-0.15, -0.1) is 0 Å². The summed E-state index contributed by atoms with van der Waals surface area (Å²) in [5, 5.41) is 2.28. The van der Waals surface area contributed by atoms with Crippen LogP contribution in [0.15, 0.2) is 24.3 Å². The molecule has 4 rings (SSSR count). The van der Waals surface area contributed by atoms with Crippen molar-refractivity contribution in [3.8, 4) is 0 Å². The van der Waals surface area contributed by atoms with E-state index >= 15 is 0 Å². The molecule has 1 aromatic rings. The zero-order chi connectivity index (χ0) is 16.4. The van der Waals surface area contributed by atoms with Crippen LogP contribution >= 0.6 is 0 Å². The van der Waals surface area contributed by atoms with Gasteiger partial charge in [-0.05, 0) is 50.3 Å². The Kier molecular flexibility index (Phi) is 4.77. The van der Waals surface area contributed by atoms with Gasteiger partial charge in [0.1, 0.15) is 5.82 Å². The summed E-state index contributed by atoms with van der Waals surface area (Å²) in [6.45, 7) is 3.91. The molecule has 1 unspecified atom stereocenters. The number of anilines is 1. The molecule has 2 saturated heterocycles. The van der Waals surface area contributed by atoms with Crippen molar-refractivity contribution >= 4 is 5.69 Å². The molecular weight excluding hydrogens is 303 g/mol. The van der Waals surface area contributed by atoms with Crippen molar-refractivity contribution in [3.63, 3.8) is 0 Å². The number of piperidine rings is 1. The zero-order valence-electron chi connectivity index (χ0n) is 14.6. The van der Waals surface area contributed by atoms with Gasteiger partial charge in [0.2, 0.25) is 0 Å². The summed E-state index contributed by atoms with van der Waals surface area (Å²) < 4.78 is 13.6. The van der Waals surface area contributed by atoms with Crippen LogP contribution in [0.3, 0.4) is 0 Å². The molecule has 1 aliphatic carbocycles. The number of hydrogen-bond donors (Lipinski definition) is 0. The maximum absolute atomic E-state index is 13.6. The molecule has 1 aromatic carbocycles. The van der Waals surface area contributed by atoms with E-state index in [1.807, 2.05) is 12.1 Å². The predicted octanol–water partition coefficient (Wildman–Crippen LogP) is 4.38. The first kappa shape index (κ1) is 16.3. The molecule has 132 valence electrons. The monoisotopic (exact) mass is 332 g/mol. The largest absolute Gasteiger partial charge is 0.371 e. The van der Waals surface area contributed by atoms with Gasteiger partial charge < -0.3 is 4.90 Å². The standard InChI is InChI=1S/C20H29FN2O/c21-17-6-4-9-19(14-17)22-12-5-10-20(15-22)11-13-23(24-16-20)18-7-2-1-3-8-18/h4,6,9,14,18H,1-3,5,7-8,10-13,15-16H2. The number of hydrogen-bond acceptors (Lipinski definition) is 3. The van der Waals surface area contributed by atoms with Crippen molar-refractivity contribution in [1.29, 1.82) is 0 Å². The topological polar surface area (TPSA) is 15.7 Å². The normalized spacial score (nSPS) is 30.0. The second-order valence-electron chi connectivity index (χ2n) is 7.96. The quantitative estimate of drug-likeness (QED) is 0.799. The molecule has 1 saturated carbocycles. The Morgan fingerprint density at radius 1 is 1.04 bits per heavy atom. The smallest absolute Gasteiger partial charge is 0.125 e. The van der Waals surface area contributed by atoms with Crippen LogP contribution < -0.4 is 4.90 Å². The Labute approximate surface area is 144 Å². The maximum atomic E-state index is 13.6. The fourth-order valence-corrected chi connectivity index (χ4v) is 4.78. The van der Waals surface area contributed by atoms with Crippen LogP contribution in [0.5, 0.6) is 0 Å². The lowest BCUT2D eigenvalue weighted by Gasteiger charge is -2.49. The van der Waals surface area contributed by atoms with Crippen molar-refractivity contribution in [2.45, 2.75) is 57.4 Å². The molecule has 2 heterocycles. The molecule has 0 bridgehead atoms. The summed E-state index contributed by atoms with van der Waals surface area (Å²) in [5.74, 6) is -0.143. The number of nitrogens with zero attached hydrogens (tertiary/aromatic N) is 2. The van der Waals surface area contributed by atoms with Gasteiger partial charge in [0, 0.05) is 36.8 Å². The lowest BCUT2D eigenvalue weighted by Crippen LogP contribution is -2.53. The van der Waals surface area contributed by atoms with E-state index in [9.17, 15) is 4.39 Å². The summed E-state index contributed by atoms with van der Waals surface area (Å²) in [5.41, 5.74) is 1.26. The molecule has 3 aliphatic rings. The number of benzene rings is 1. The third-order valence-corrected chi connectivity index (χ3v) is 6.22. The summed E-state index contributed by atoms with van der Waals surface area (Å²) >= 11 is 0. The minimum absolute atomic E-state index is 0.143. The first-order valence-corrected chi connectivity index (χ1v) is 9.64. The van der Waals surface area contributed by atoms with E-state index in [2.05, 4.69) is 9.96 Å². The minimum atomic E-state index is -0.143. The molecular formula is C20H29FN2O. The second kappa shape index (κ2) is 7.01. The number of halogens is 1. The molecule has 2 aliphatic heterocycles.